The van der Waals surface area contributed by atoms with Gasteiger partial charge in [-0.25, -0.2) is 8.42 Å². The largest absolute Gasteiger partial charge is 0.312 e. The number of sulfonamides is 1. The van der Waals surface area contributed by atoms with Gasteiger partial charge in [0.1, 0.15) is 0 Å². The molecule has 0 spiro atoms. The molecule has 6 heteroatoms. The monoisotopic (exact) mass is 455 g/mol. The van der Waals surface area contributed by atoms with Gasteiger partial charge >= 0.3 is 0 Å². The molecule has 1 atom stereocenters. The third-order valence-electron chi connectivity index (χ3n) is 6.94. The molecule has 0 bridgehead atoms. The van der Waals surface area contributed by atoms with Crippen LogP contribution in [0.4, 0.5) is 5.69 Å². The molecule has 0 saturated heterocycles. The van der Waals surface area contributed by atoms with Gasteiger partial charge in [0.25, 0.3) is 10.0 Å². The van der Waals surface area contributed by atoms with E-state index in [4.69, 9.17) is 0 Å². The third kappa shape index (κ3) is 6.12. The minimum absolute atomic E-state index is 0.336. The first-order valence-electron chi connectivity index (χ1n) is 12.2. The molecule has 32 heavy (non-hydrogen) atoms. The van der Waals surface area contributed by atoms with Gasteiger partial charge in [-0.05, 0) is 67.1 Å². The summed E-state index contributed by atoms with van der Waals surface area (Å²) in [5.74, 6) is 0.813. The molecule has 2 aromatic rings. The maximum Gasteiger partial charge on any atom is 0.261 e. The van der Waals surface area contributed by atoms with Crippen molar-refractivity contribution in [2.75, 3.05) is 11.3 Å². The normalized spacial score (nSPS) is 18.5. The van der Waals surface area contributed by atoms with Crippen molar-refractivity contribution in [1.82, 2.24) is 10.6 Å². The Morgan fingerprint density at radius 3 is 2.62 bits per heavy atom. The van der Waals surface area contributed by atoms with E-state index in [0.29, 0.717) is 23.2 Å². The topological polar surface area (TPSA) is 70.2 Å². The lowest BCUT2D eigenvalue weighted by Crippen LogP contribution is -2.28. The molecule has 174 valence electrons. The molecule has 4 rings (SSSR count). The Morgan fingerprint density at radius 2 is 1.81 bits per heavy atom. The van der Waals surface area contributed by atoms with Crippen molar-refractivity contribution in [3.8, 4) is 0 Å². The standard InChI is InChI=1S/C26H37N3O2S/c1-20(16-21-8-4-2-3-5-9-21)28-19-24-10-6-7-11-26(24)29-32(30,31)25-13-12-23-18-27-15-14-22(23)17-25/h6-7,10-13,17,20-21,27-29H,2-5,8-9,14-16,18-19H2,1H3/t20-/m0/s1. The Hall–Kier alpha value is -1.89. The summed E-state index contributed by atoms with van der Waals surface area (Å²) in [4.78, 5) is 0.336. The molecule has 1 saturated carbocycles. The molecule has 3 N–H and O–H groups in total. The van der Waals surface area contributed by atoms with Gasteiger partial charge < -0.3 is 10.6 Å². The van der Waals surface area contributed by atoms with Crippen LogP contribution in [0.2, 0.25) is 0 Å². The lowest BCUT2D eigenvalue weighted by molar-refractivity contribution is 0.363. The van der Waals surface area contributed by atoms with E-state index in [2.05, 4.69) is 22.3 Å². The Kier molecular flexibility index (Phi) is 7.87. The van der Waals surface area contributed by atoms with Gasteiger partial charge in [0.15, 0.2) is 0 Å². The molecule has 1 aliphatic carbocycles. The molecule has 0 unspecified atom stereocenters. The molecule has 2 aromatic carbocycles. The van der Waals surface area contributed by atoms with Crippen molar-refractivity contribution >= 4 is 15.7 Å². The third-order valence-corrected chi connectivity index (χ3v) is 8.30. The summed E-state index contributed by atoms with van der Waals surface area (Å²) in [7, 11) is -3.63. The maximum absolute atomic E-state index is 13.1. The Morgan fingerprint density at radius 1 is 1.03 bits per heavy atom. The zero-order valence-electron chi connectivity index (χ0n) is 19.2. The molecule has 1 aliphatic heterocycles. The Balaban J connectivity index is 1.40. The molecule has 5 nitrogen and oxygen atoms in total. The van der Waals surface area contributed by atoms with Crippen molar-refractivity contribution in [2.24, 2.45) is 5.92 Å². The second kappa shape index (κ2) is 10.8. The van der Waals surface area contributed by atoms with Crippen LogP contribution in [0.3, 0.4) is 0 Å². The van der Waals surface area contributed by atoms with Gasteiger partial charge in [-0.3, -0.25) is 4.72 Å². The van der Waals surface area contributed by atoms with Gasteiger partial charge in [0.2, 0.25) is 0 Å². The van der Waals surface area contributed by atoms with E-state index in [0.717, 1.165) is 36.6 Å². The average molecular weight is 456 g/mol. The van der Waals surface area contributed by atoms with Crippen LogP contribution in [0.1, 0.15) is 68.6 Å². The molecule has 1 fully saturated rings. The molecule has 0 aromatic heterocycles. The van der Waals surface area contributed by atoms with Crippen molar-refractivity contribution in [3.63, 3.8) is 0 Å². The van der Waals surface area contributed by atoms with Crippen molar-refractivity contribution in [3.05, 3.63) is 59.2 Å². The summed E-state index contributed by atoms with van der Waals surface area (Å²) in [5.41, 5.74) is 3.93. The molecule has 0 radical (unpaired) electrons. The number of para-hydroxylation sites is 1. The lowest BCUT2D eigenvalue weighted by atomic mass is 9.93. The SMILES string of the molecule is C[C@@H](CC1CCCCCC1)NCc1ccccc1NS(=O)(=O)c1ccc2c(c1)CCNC2. The van der Waals surface area contributed by atoms with E-state index in [1.165, 1.54) is 50.5 Å². The zero-order valence-corrected chi connectivity index (χ0v) is 20.0. The van der Waals surface area contributed by atoms with Crippen LogP contribution in [0, 0.1) is 5.92 Å². The lowest BCUT2D eigenvalue weighted by Gasteiger charge is -2.21. The second-order valence-electron chi connectivity index (χ2n) is 9.50. The summed E-state index contributed by atoms with van der Waals surface area (Å²) < 4.78 is 29.1. The first-order valence-corrected chi connectivity index (χ1v) is 13.7. The summed E-state index contributed by atoms with van der Waals surface area (Å²) in [5, 5.41) is 6.96. The van der Waals surface area contributed by atoms with E-state index in [-0.39, 0.29) is 0 Å². The van der Waals surface area contributed by atoms with Gasteiger partial charge in [-0.2, -0.15) is 0 Å². The van der Waals surface area contributed by atoms with Crippen molar-refractivity contribution in [2.45, 2.75) is 82.3 Å². The maximum atomic E-state index is 13.1. The van der Waals surface area contributed by atoms with E-state index in [9.17, 15) is 8.42 Å². The van der Waals surface area contributed by atoms with Gasteiger partial charge in [0, 0.05) is 19.1 Å². The van der Waals surface area contributed by atoms with Gasteiger partial charge in [0.05, 0.1) is 10.6 Å². The summed E-state index contributed by atoms with van der Waals surface area (Å²) in [6, 6.07) is 13.6. The van der Waals surface area contributed by atoms with Crippen LogP contribution in [0.15, 0.2) is 47.4 Å². The first-order chi connectivity index (χ1) is 15.5. The smallest absolute Gasteiger partial charge is 0.261 e. The number of rotatable bonds is 8. The van der Waals surface area contributed by atoms with Crippen molar-refractivity contribution < 1.29 is 8.42 Å². The summed E-state index contributed by atoms with van der Waals surface area (Å²) in [6.45, 7) is 4.59. The number of benzene rings is 2. The molecule has 2 aliphatic rings. The highest BCUT2D eigenvalue weighted by Crippen LogP contribution is 2.27. The highest BCUT2D eigenvalue weighted by atomic mass is 32.2. The van der Waals surface area contributed by atoms with E-state index < -0.39 is 10.0 Å². The number of anilines is 1. The quantitative estimate of drug-likeness (QED) is 0.492. The zero-order chi connectivity index (χ0) is 22.4. The van der Waals surface area contributed by atoms with Crippen molar-refractivity contribution in [1.29, 1.82) is 0 Å². The second-order valence-corrected chi connectivity index (χ2v) is 11.2. The molecule has 0 amide bonds. The fourth-order valence-corrected chi connectivity index (χ4v) is 6.22. The van der Waals surface area contributed by atoms with Crippen LogP contribution < -0.4 is 15.4 Å². The molecular weight excluding hydrogens is 418 g/mol. The van der Waals surface area contributed by atoms with Crippen LogP contribution in [0.25, 0.3) is 0 Å². The highest BCUT2D eigenvalue weighted by molar-refractivity contribution is 7.92. The molecular formula is C26H37N3O2S. The summed E-state index contributed by atoms with van der Waals surface area (Å²) >= 11 is 0. The van der Waals surface area contributed by atoms with Crippen LogP contribution in [-0.4, -0.2) is 21.0 Å². The number of hydrogen-bond acceptors (Lipinski definition) is 4. The number of nitrogens with one attached hydrogen (secondary N) is 3. The van der Waals surface area contributed by atoms with Crippen LogP contribution in [-0.2, 0) is 29.5 Å². The fraction of sp³-hybridized carbons (Fsp3) is 0.538. The highest BCUT2D eigenvalue weighted by Gasteiger charge is 2.20. The number of fused-ring (bicyclic) bond motifs is 1. The molecule has 1 heterocycles. The van der Waals surface area contributed by atoms with E-state index in [1.54, 1.807) is 6.07 Å². The van der Waals surface area contributed by atoms with Crippen LogP contribution >= 0.6 is 0 Å². The van der Waals surface area contributed by atoms with Gasteiger partial charge in [-0.15, -0.1) is 0 Å². The Labute approximate surface area is 193 Å². The predicted molar refractivity (Wildman–Crippen MR) is 131 cm³/mol. The van der Waals surface area contributed by atoms with E-state index in [1.807, 2.05) is 36.4 Å². The number of hydrogen-bond donors (Lipinski definition) is 3. The predicted octanol–water partition coefficient (Wildman–Crippen LogP) is 4.97. The summed E-state index contributed by atoms with van der Waals surface area (Å²) in [6.07, 6.45) is 10.2. The minimum Gasteiger partial charge on any atom is -0.312 e. The minimum atomic E-state index is -3.63. The Bertz CT molecular complexity index is 998. The average Bonchev–Trinajstić information content (AvgIpc) is 3.06. The first kappa shape index (κ1) is 23.3. The fourth-order valence-electron chi connectivity index (χ4n) is 5.07. The van der Waals surface area contributed by atoms with Crippen LogP contribution in [0.5, 0.6) is 0 Å². The van der Waals surface area contributed by atoms with E-state index >= 15 is 0 Å². The van der Waals surface area contributed by atoms with Gasteiger partial charge in [-0.1, -0.05) is 62.8 Å².